The van der Waals surface area contributed by atoms with Gasteiger partial charge in [0, 0.05) is 35.0 Å². The summed E-state index contributed by atoms with van der Waals surface area (Å²) in [6.45, 7) is 3.69. The van der Waals surface area contributed by atoms with Gasteiger partial charge >= 0.3 is 16.1 Å². The van der Waals surface area contributed by atoms with Gasteiger partial charge < -0.3 is 18.6 Å². The van der Waals surface area contributed by atoms with Gasteiger partial charge in [0.1, 0.15) is 12.4 Å². The van der Waals surface area contributed by atoms with E-state index >= 15 is 0 Å². The van der Waals surface area contributed by atoms with Gasteiger partial charge in [0.25, 0.3) is 0 Å². The van der Waals surface area contributed by atoms with Crippen molar-refractivity contribution >= 4 is 48.7 Å². The molecule has 8 nitrogen and oxygen atoms in total. The average Bonchev–Trinajstić information content (AvgIpc) is 3.04. The number of rotatable bonds is 5. The lowest BCUT2D eigenvalue weighted by atomic mass is 9.96. The average molecular weight is 428 g/mol. The standard InChI is InChI=1S/C21H20N2O6S/c1-11-14-7-8-22-21(29-30(4,25)26)19(14)12(2)18-15-9-13(28-17(24)10-27-3)5-6-16(15)23-20(11)18/h5-9,23H,10H2,1-4H3. The largest absolute Gasteiger partial charge is 0.425 e. The minimum atomic E-state index is -3.75. The van der Waals surface area contributed by atoms with E-state index in [9.17, 15) is 13.2 Å². The van der Waals surface area contributed by atoms with Gasteiger partial charge in [-0.05, 0) is 54.6 Å². The summed E-state index contributed by atoms with van der Waals surface area (Å²) >= 11 is 0. The van der Waals surface area contributed by atoms with Crippen LogP contribution in [0.15, 0.2) is 30.5 Å². The highest BCUT2D eigenvalue weighted by Crippen LogP contribution is 2.40. The summed E-state index contributed by atoms with van der Waals surface area (Å²) in [6, 6.07) is 7.14. The normalized spacial score (nSPS) is 12.0. The van der Waals surface area contributed by atoms with E-state index in [4.69, 9.17) is 13.7 Å². The molecule has 30 heavy (non-hydrogen) atoms. The smallest absolute Gasteiger partial charge is 0.337 e. The van der Waals surface area contributed by atoms with Crippen LogP contribution in [-0.4, -0.2) is 44.3 Å². The number of nitrogens with zero attached hydrogens (tertiary/aromatic N) is 1. The summed E-state index contributed by atoms with van der Waals surface area (Å²) in [4.78, 5) is 19.3. The molecule has 2 heterocycles. The van der Waals surface area contributed by atoms with E-state index in [0.717, 1.165) is 44.6 Å². The second-order valence-electron chi connectivity index (χ2n) is 7.07. The maximum Gasteiger partial charge on any atom is 0.337 e. The van der Waals surface area contributed by atoms with Gasteiger partial charge in [-0.15, -0.1) is 0 Å². The van der Waals surface area contributed by atoms with Crippen LogP contribution in [0.25, 0.3) is 32.6 Å². The van der Waals surface area contributed by atoms with E-state index < -0.39 is 16.1 Å². The summed E-state index contributed by atoms with van der Waals surface area (Å²) in [5.74, 6) is -0.0704. The molecule has 0 saturated carbocycles. The molecule has 0 unspecified atom stereocenters. The third-order valence-corrected chi connectivity index (χ3v) is 5.40. The van der Waals surface area contributed by atoms with Crippen molar-refractivity contribution in [1.82, 2.24) is 9.97 Å². The van der Waals surface area contributed by atoms with Gasteiger partial charge in [-0.2, -0.15) is 8.42 Å². The summed E-state index contributed by atoms with van der Waals surface area (Å²) in [5, 5.41) is 3.18. The van der Waals surface area contributed by atoms with E-state index in [-0.39, 0.29) is 12.5 Å². The summed E-state index contributed by atoms with van der Waals surface area (Å²) < 4.78 is 38.8. The maximum absolute atomic E-state index is 11.8. The number of aromatic amines is 1. The quantitative estimate of drug-likeness (QED) is 0.295. The van der Waals surface area contributed by atoms with Crippen LogP contribution >= 0.6 is 0 Å². The molecule has 0 bridgehead atoms. The molecule has 0 aliphatic heterocycles. The number of hydrogen-bond acceptors (Lipinski definition) is 7. The lowest BCUT2D eigenvalue weighted by Gasteiger charge is -2.12. The van der Waals surface area contributed by atoms with Crippen LogP contribution in [0.2, 0.25) is 0 Å². The van der Waals surface area contributed by atoms with Crippen molar-refractivity contribution < 1.29 is 26.9 Å². The third-order valence-electron chi connectivity index (χ3n) is 4.94. The van der Waals surface area contributed by atoms with Gasteiger partial charge in [-0.1, -0.05) is 0 Å². The van der Waals surface area contributed by atoms with Crippen LogP contribution in [0.5, 0.6) is 11.6 Å². The van der Waals surface area contributed by atoms with E-state index in [2.05, 4.69) is 9.97 Å². The van der Waals surface area contributed by atoms with Crippen LogP contribution in [0, 0.1) is 13.8 Å². The number of hydrogen-bond donors (Lipinski definition) is 1. The van der Waals surface area contributed by atoms with Gasteiger partial charge in [-0.25, -0.2) is 9.78 Å². The molecule has 9 heteroatoms. The number of methoxy groups -OCH3 is 1. The molecular weight excluding hydrogens is 408 g/mol. The molecule has 4 rings (SSSR count). The molecule has 2 aromatic carbocycles. The predicted octanol–water partition coefficient (Wildman–Crippen LogP) is 3.38. The number of nitrogens with one attached hydrogen (secondary N) is 1. The number of aromatic nitrogens is 2. The lowest BCUT2D eigenvalue weighted by Crippen LogP contribution is -2.13. The van der Waals surface area contributed by atoms with Crippen molar-refractivity contribution in [3.05, 3.63) is 41.6 Å². The fraction of sp³-hybridized carbons (Fsp3) is 0.238. The number of carbonyl (C=O) groups is 1. The van der Waals surface area contributed by atoms with E-state index in [1.165, 1.54) is 13.3 Å². The summed E-state index contributed by atoms with van der Waals surface area (Å²) in [7, 11) is -2.32. The highest BCUT2D eigenvalue weighted by molar-refractivity contribution is 7.86. The van der Waals surface area contributed by atoms with Gasteiger partial charge in [0.05, 0.1) is 11.8 Å². The predicted molar refractivity (Wildman–Crippen MR) is 114 cm³/mol. The van der Waals surface area contributed by atoms with Crippen molar-refractivity contribution in [2.45, 2.75) is 13.8 Å². The number of benzene rings is 2. The van der Waals surface area contributed by atoms with Crippen molar-refractivity contribution in [2.24, 2.45) is 0 Å². The molecule has 0 atom stereocenters. The van der Waals surface area contributed by atoms with Gasteiger partial charge in [0.2, 0.25) is 5.88 Å². The molecule has 0 radical (unpaired) electrons. The second kappa shape index (κ2) is 7.26. The number of esters is 1. The number of ether oxygens (including phenoxy) is 2. The van der Waals surface area contributed by atoms with Gasteiger partial charge in [0.15, 0.2) is 0 Å². The molecule has 0 aliphatic rings. The van der Waals surface area contributed by atoms with Gasteiger partial charge in [-0.3, -0.25) is 0 Å². The van der Waals surface area contributed by atoms with Crippen molar-refractivity contribution in [2.75, 3.05) is 20.0 Å². The lowest BCUT2D eigenvalue weighted by molar-refractivity contribution is -0.138. The Balaban J connectivity index is 2.02. The zero-order valence-corrected chi connectivity index (χ0v) is 17.7. The number of H-pyrrole nitrogens is 1. The fourth-order valence-corrected chi connectivity index (χ4v) is 4.18. The Kier molecular flexibility index (Phi) is 4.87. The van der Waals surface area contributed by atoms with Crippen LogP contribution in [0.1, 0.15) is 11.1 Å². The Hall–Kier alpha value is -3.17. The molecule has 156 valence electrons. The van der Waals surface area contributed by atoms with E-state index in [0.29, 0.717) is 11.1 Å². The Labute approximate surface area is 172 Å². The highest BCUT2D eigenvalue weighted by atomic mass is 32.2. The minimum absolute atomic E-state index is 0.0366. The number of carbonyl (C=O) groups excluding carboxylic acids is 1. The van der Waals surface area contributed by atoms with Crippen LogP contribution < -0.4 is 8.92 Å². The Bertz CT molecular complexity index is 1420. The molecule has 0 saturated heterocycles. The molecular formula is C21H20N2O6S. The minimum Gasteiger partial charge on any atom is -0.425 e. The zero-order chi connectivity index (χ0) is 21.6. The van der Waals surface area contributed by atoms with Crippen molar-refractivity contribution in [1.29, 1.82) is 0 Å². The van der Waals surface area contributed by atoms with Crippen molar-refractivity contribution in [3.8, 4) is 11.6 Å². The maximum atomic E-state index is 11.8. The topological polar surface area (TPSA) is 108 Å². The second-order valence-corrected chi connectivity index (χ2v) is 8.64. The van der Waals surface area contributed by atoms with E-state index in [1.807, 2.05) is 26.0 Å². The SMILES string of the molecule is COCC(=O)Oc1ccc2[nH]c3c(C)c4ccnc(OS(C)(=O)=O)c4c(C)c3c2c1. The molecule has 2 aromatic heterocycles. The Morgan fingerprint density at radius 1 is 1.10 bits per heavy atom. The summed E-state index contributed by atoms with van der Waals surface area (Å²) in [5.41, 5.74) is 3.51. The number of fused-ring (bicyclic) bond motifs is 4. The van der Waals surface area contributed by atoms with E-state index in [1.54, 1.807) is 12.1 Å². The fourth-order valence-electron chi connectivity index (χ4n) is 3.77. The molecule has 0 aliphatic carbocycles. The zero-order valence-electron chi connectivity index (χ0n) is 16.9. The molecule has 0 fully saturated rings. The van der Waals surface area contributed by atoms with Crippen LogP contribution in [-0.2, 0) is 19.6 Å². The monoisotopic (exact) mass is 428 g/mol. The molecule has 0 amide bonds. The van der Waals surface area contributed by atoms with Crippen molar-refractivity contribution in [3.63, 3.8) is 0 Å². The van der Waals surface area contributed by atoms with Crippen LogP contribution in [0.4, 0.5) is 0 Å². The first kappa shape index (κ1) is 20.1. The summed E-state index contributed by atoms with van der Waals surface area (Å²) in [6.07, 6.45) is 2.51. The number of pyridine rings is 1. The Morgan fingerprint density at radius 2 is 1.87 bits per heavy atom. The number of aryl methyl sites for hydroxylation is 2. The first-order valence-electron chi connectivity index (χ1n) is 9.12. The van der Waals surface area contributed by atoms with Crippen LogP contribution in [0.3, 0.4) is 0 Å². The molecule has 4 aromatic rings. The Morgan fingerprint density at radius 3 is 2.57 bits per heavy atom. The molecule has 1 N–H and O–H groups in total. The highest BCUT2D eigenvalue weighted by Gasteiger charge is 2.20. The first-order chi connectivity index (χ1) is 14.2. The third kappa shape index (κ3) is 3.46. The molecule has 0 spiro atoms. The first-order valence-corrected chi connectivity index (χ1v) is 10.9.